The van der Waals surface area contributed by atoms with Gasteiger partial charge in [0.2, 0.25) is 5.91 Å². The molecule has 0 aliphatic heterocycles. The number of ether oxygens (including phenoxy) is 1. The van der Waals surface area contributed by atoms with Crippen LogP contribution in [0.1, 0.15) is 81.3 Å². The fourth-order valence-corrected chi connectivity index (χ4v) is 4.68. The van der Waals surface area contributed by atoms with Crippen molar-refractivity contribution in [2.75, 3.05) is 18.6 Å². The Bertz CT molecular complexity index is 805. The number of anilines is 1. The Kier molecular flexibility index (Phi) is 8.52. The van der Waals surface area contributed by atoms with Gasteiger partial charge < -0.3 is 15.4 Å². The van der Waals surface area contributed by atoms with Crippen molar-refractivity contribution in [1.82, 2.24) is 0 Å². The average molecular weight is 433 g/mol. The standard InChI is InChI=1S/C24H36N2O3S/c1-16-7-9-18(10-8-16)22(27)26(17(2)12-14-25)20-15-19(11-13-24(3,4)5)30-21(20)23(28)29-6/h15-18H,7-10,12,14,25H2,1-6H3/t16?,17-,18?/m0/s1. The van der Waals surface area contributed by atoms with Crippen LogP contribution >= 0.6 is 11.3 Å². The Labute approximate surface area is 185 Å². The van der Waals surface area contributed by atoms with Gasteiger partial charge in [-0.05, 0) is 78.3 Å². The largest absolute Gasteiger partial charge is 0.465 e. The molecule has 0 radical (unpaired) electrons. The van der Waals surface area contributed by atoms with Gasteiger partial charge in [-0.15, -0.1) is 11.3 Å². The van der Waals surface area contributed by atoms with E-state index in [1.54, 1.807) is 4.90 Å². The maximum absolute atomic E-state index is 13.6. The number of carbonyl (C=O) groups excluding carboxylic acids is 2. The summed E-state index contributed by atoms with van der Waals surface area (Å²) in [6.07, 6.45) is 4.56. The van der Waals surface area contributed by atoms with Gasteiger partial charge in [-0.25, -0.2) is 4.79 Å². The number of nitrogens with two attached hydrogens (primary N) is 1. The Morgan fingerprint density at radius 2 is 1.93 bits per heavy atom. The number of methoxy groups -OCH3 is 1. The molecular weight excluding hydrogens is 396 g/mol. The third-order valence-electron chi connectivity index (χ3n) is 5.53. The van der Waals surface area contributed by atoms with E-state index in [9.17, 15) is 9.59 Å². The molecule has 1 amide bonds. The molecule has 6 heteroatoms. The molecule has 0 spiro atoms. The second-order valence-corrected chi connectivity index (χ2v) is 10.5. The third-order valence-corrected chi connectivity index (χ3v) is 6.55. The van der Waals surface area contributed by atoms with Gasteiger partial charge in [0, 0.05) is 17.4 Å². The predicted octanol–water partition coefficient (Wildman–Crippen LogP) is 4.83. The molecule has 0 bridgehead atoms. The van der Waals surface area contributed by atoms with Crippen LogP contribution in [0.15, 0.2) is 6.07 Å². The lowest BCUT2D eigenvalue weighted by atomic mass is 9.82. The summed E-state index contributed by atoms with van der Waals surface area (Å²) in [6, 6.07) is 1.76. The van der Waals surface area contributed by atoms with Gasteiger partial charge in [-0.3, -0.25) is 4.79 Å². The molecule has 0 unspecified atom stereocenters. The highest BCUT2D eigenvalue weighted by Gasteiger charge is 2.34. The van der Waals surface area contributed by atoms with E-state index in [0.717, 1.165) is 30.6 Å². The molecule has 5 nitrogen and oxygen atoms in total. The summed E-state index contributed by atoms with van der Waals surface area (Å²) in [5, 5.41) is 0. The van der Waals surface area contributed by atoms with Crippen molar-refractivity contribution in [2.45, 2.75) is 72.8 Å². The first-order valence-corrected chi connectivity index (χ1v) is 11.7. The zero-order chi connectivity index (χ0) is 22.5. The van der Waals surface area contributed by atoms with Crippen molar-refractivity contribution >= 4 is 28.9 Å². The van der Waals surface area contributed by atoms with E-state index in [2.05, 4.69) is 18.8 Å². The monoisotopic (exact) mass is 432 g/mol. The molecule has 0 saturated heterocycles. The number of nitrogens with zero attached hydrogens (tertiary/aromatic N) is 1. The maximum atomic E-state index is 13.6. The number of hydrogen-bond acceptors (Lipinski definition) is 5. The van der Waals surface area contributed by atoms with E-state index in [-0.39, 0.29) is 23.3 Å². The molecule has 1 saturated carbocycles. The van der Waals surface area contributed by atoms with Crippen molar-refractivity contribution in [2.24, 2.45) is 23.0 Å². The summed E-state index contributed by atoms with van der Waals surface area (Å²) >= 11 is 1.29. The van der Waals surface area contributed by atoms with Gasteiger partial charge in [0.15, 0.2) is 0 Å². The topological polar surface area (TPSA) is 72.6 Å². The van der Waals surface area contributed by atoms with Crippen LogP contribution in [0, 0.1) is 29.1 Å². The number of thiophene rings is 1. The van der Waals surface area contributed by atoms with Crippen molar-refractivity contribution in [3.05, 3.63) is 15.8 Å². The minimum absolute atomic E-state index is 0.0177. The van der Waals surface area contributed by atoms with Crippen molar-refractivity contribution in [1.29, 1.82) is 0 Å². The van der Waals surface area contributed by atoms with Crippen LogP contribution in [-0.2, 0) is 9.53 Å². The van der Waals surface area contributed by atoms with E-state index in [4.69, 9.17) is 10.5 Å². The zero-order valence-corrected chi connectivity index (χ0v) is 20.0. The molecular formula is C24H36N2O3S. The SMILES string of the molecule is COC(=O)c1sc(C#CC(C)(C)C)cc1N(C(=O)C1CCC(C)CC1)[C@@H](C)CCN. The van der Waals surface area contributed by atoms with E-state index in [0.29, 0.717) is 29.4 Å². The van der Waals surface area contributed by atoms with Gasteiger partial charge >= 0.3 is 5.97 Å². The number of rotatable bonds is 6. The lowest BCUT2D eigenvalue weighted by Gasteiger charge is -2.34. The van der Waals surface area contributed by atoms with Gasteiger partial charge in [0.05, 0.1) is 17.7 Å². The molecule has 1 aliphatic carbocycles. The summed E-state index contributed by atoms with van der Waals surface area (Å²) in [7, 11) is 1.37. The second kappa shape index (κ2) is 10.5. The molecule has 30 heavy (non-hydrogen) atoms. The fourth-order valence-electron chi connectivity index (χ4n) is 3.76. The second-order valence-electron chi connectivity index (χ2n) is 9.41. The summed E-state index contributed by atoms with van der Waals surface area (Å²) in [5.41, 5.74) is 6.27. The number of esters is 1. The molecule has 1 heterocycles. The van der Waals surface area contributed by atoms with Crippen LogP contribution in [0.25, 0.3) is 0 Å². The quantitative estimate of drug-likeness (QED) is 0.516. The van der Waals surface area contributed by atoms with E-state index < -0.39 is 5.97 Å². The summed E-state index contributed by atoms with van der Waals surface area (Å²) in [5.74, 6) is 6.68. The highest BCUT2D eigenvalue weighted by atomic mass is 32.1. The van der Waals surface area contributed by atoms with Gasteiger partial charge in [0.25, 0.3) is 0 Å². The Balaban J connectivity index is 2.49. The summed E-state index contributed by atoms with van der Waals surface area (Å²) < 4.78 is 5.03. The van der Waals surface area contributed by atoms with Crippen molar-refractivity contribution in [3.63, 3.8) is 0 Å². The minimum atomic E-state index is -0.436. The highest BCUT2D eigenvalue weighted by Crippen LogP contribution is 2.37. The lowest BCUT2D eigenvalue weighted by Crippen LogP contribution is -2.44. The summed E-state index contributed by atoms with van der Waals surface area (Å²) in [4.78, 5) is 29.1. The molecule has 2 N–H and O–H groups in total. The fraction of sp³-hybridized carbons (Fsp3) is 0.667. The Hall–Kier alpha value is -1.84. The number of hydrogen-bond donors (Lipinski definition) is 1. The van der Waals surface area contributed by atoms with Crippen LogP contribution in [0.5, 0.6) is 0 Å². The van der Waals surface area contributed by atoms with Crippen molar-refractivity contribution < 1.29 is 14.3 Å². The summed E-state index contributed by atoms with van der Waals surface area (Å²) in [6.45, 7) is 10.8. The molecule has 2 rings (SSSR count). The number of amides is 1. The van der Waals surface area contributed by atoms with E-state index in [1.807, 2.05) is 33.8 Å². The lowest BCUT2D eigenvalue weighted by molar-refractivity contribution is -0.124. The highest BCUT2D eigenvalue weighted by molar-refractivity contribution is 7.15. The minimum Gasteiger partial charge on any atom is -0.465 e. The molecule has 1 fully saturated rings. The molecule has 1 atom stereocenters. The predicted molar refractivity (Wildman–Crippen MR) is 124 cm³/mol. The van der Waals surface area contributed by atoms with Crippen LogP contribution in [0.2, 0.25) is 0 Å². The van der Waals surface area contributed by atoms with Crippen LogP contribution in [0.4, 0.5) is 5.69 Å². The first kappa shape index (κ1) is 24.4. The third kappa shape index (κ3) is 6.33. The van der Waals surface area contributed by atoms with E-state index in [1.165, 1.54) is 18.4 Å². The van der Waals surface area contributed by atoms with Gasteiger partial charge in [-0.2, -0.15) is 0 Å². The smallest absolute Gasteiger partial charge is 0.350 e. The maximum Gasteiger partial charge on any atom is 0.350 e. The normalized spacial score (nSPS) is 20.1. The van der Waals surface area contributed by atoms with Crippen LogP contribution < -0.4 is 10.6 Å². The van der Waals surface area contributed by atoms with Crippen molar-refractivity contribution in [3.8, 4) is 11.8 Å². The molecule has 166 valence electrons. The van der Waals surface area contributed by atoms with Gasteiger partial charge in [-0.1, -0.05) is 18.8 Å². The molecule has 1 aromatic rings. The van der Waals surface area contributed by atoms with Crippen LogP contribution in [-0.4, -0.2) is 31.6 Å². The zero-order valence-electron chi connectivity index (χ0n) is 19.2. The molecule has 0 aromatic carbocycles. The first-order chi connectivity index (χ1) is 14.1. The van der Waals surface area contributed by atoms with Gasteiger partial charge in [0.1, 0.15) is 4.88 Å². The van der Waals surface area contributed by atoms with Crippen LogP contribution in [0.3, 0.4) is 0 Å². The Morgan fingerprint density at radius 1 is 1.30 bits per heavy atom. The molecule has 1 aromatic heterocycles. The first-order valence-electron chi connectivity index (χ1n) is 10.9. The average Bonchev–Trinajstić information content (AvgIpc) is 3.10. The molecule has 1 aliphatic rings. The number of carbonyl (C=O) groups is 2. The van der Waals surface area contributed by atoms with E-state index >= 15 is 0 Å². The Morgan fingerprint density at radius 3 is 2.47 bits per heavy atom.